The number of ketones is 1. The molecule has 2 aromatic rings. The molecule has 1 unspecified atom stereocenters. The van der Waals surface area contributed by atoms with E-state index in [-0.39, 0.29) is 36.7 Å². The van der Waals surface area contributed by atoms with Crippen molar-refractivity contribution in [3.63, 3.8) is 0 Å². The summed E-state index contributed by atoms with van der Waals surface area (Å²) in [6.07, 6.45) is 3.33. The minimum atomic E-state index is -0.329. The highest BCUT2D eigenvalue weighted by Crippen LogP contribution is 2.30. The van der Waals surface area contributed by atoms with Crippen LogP contribution in [0.1, 0.15) is 51.7 Å². The van der Waals surface area contributed by atoms with E-state index in [0.717, 1.165) is 13.1 Å². The number of methoxy groups -OCH3 is 1. The molecule has 41 heavy (non-hydrogen) atoms. The van der Waals surface area contributed by atoms with Crippen molar-refractivity contribution in [1.82, 2.24) is 20.4 Å². The van der Waals surface area contributed by atoms with Crippen molar-refractivity contribution >= 4 is 23.3 Å². The first-order valence-corrected chi connectivity index (χ1v) is 14.2. The van der Waals surface area contributed by atoms with Gasteiger partial charge in [-0.2, -0.15) is 4.98 Å². The highest BCUT2D eigenvalue weighted by molar-refractivity contribution is 6.35. The number of carbonyl (C=O) groups is 3. The number of hydrogen-bond donors (Lipinski definition) is 2. The smallest absolute Gasteiger partial charge is 0.289 e. The van der Waals surface area contributed by atoms with Crippen LogP contribution in [0.4, 0.5) is 5.69 Å². The number of anilines is 1. The van der Waals surface area contributed by atoms with E-state index in [1.807, 2.05) is 31.2 Å². The van der Waals surface area contributed by atoms with E-state index < -0.39 is 0 Å². The number of aryl methyl sites for hydroxylation is 1. The van der Waals surface area contributed by atoms with Gasteiger partial charge in [-0.15, -0.1) is 0 Å². The fourth-order valence-corrected chi connectivity index (χ4v) is 4.00. The van der Waals surface area contributed by atoms with E-state index in [1.54, 1.807) is 37.8 Å². The van der Waals surface area contributed by atoms with Gasteiger partial charge in [0.2, 0.25) is 17.6 Å². The quantitative estimate of drug-likeness (QED) is 0.382. The Bertz CT molecular complexity index is 1080. The zero-order valence-corrected chi connectivity index (χ0v) is 24.9. The van der Waals surface area contributed by atoms with Gasteiger partial charge >= 0.3 is 0 Å². The molecule has 1 aliphatic carbocycles. The summed E-state index contributed by atoms with van der Waals surface area (Å²) in [7, 11) is 3.29. The third-order valence-corrected chi connectivity index (χ3v) is 6.32. The molecule has 2 aliphatic rings. The lowest BCUT2D eigenvalue weighted by molar-refractivity contribution is -0.143. The number of ether oxygens (including phenoxy) is 2. The number of para-hydroxylation sites is 2. The van der Waals surface area contributed by atoms with E-state index in [4.69, 9.17) is 19.1 Å². The van der Waals surface area contributed by atoms with Crippen molar-refractivity contribution in [2.24, 2.45) is 5.92 Å². The predicted molar refractivity (Wildman–Crippen MR) is 154 cm³/mol. The predicted octanol–water partition coefficient (Wildman–Crippen LogP) is 2.04. The van der Waals surface area contributed by atoms with Gasteiger partial charge in [-0.05, 0) is 37.8 Å². The van der Waals surface area contributed by atoms with Crippen molar-refractivity contribution in [2.75, 3.05) is 58.5 Å². The number of carbonyl (C=O) groups excluding carboxylic acids is 3. The lowest BCUT2D eigenvalue weighted by Crippen LogP contribution is -2.47. The molecule has 1 aromatic carbocycles. The molecule has 1 saturated carbocycles. The Morgan fingerprint density at radius 1 is 1.15 bits per heavy atom. The molecule has 2 heterocycles. The standard InChI is InChI=1S/C18H24N4O4.C9H15NO2.C2H6O/c1-3-17-20-16(21-26-17)10-18(23)22(12-13-11-19-8-9-25-13)14-6-4-5-7-15(14)24-2;1-3-8(11)9(12)10(2)6-7-4-5-7;1-2-3/h4-7,13,19H,3,8-12H2,1-2H3;7H,3-6H2,1-2H3;3H,2H2,1H3. The fraction of sp³-hybridized carbons (Fsp3) is 0.621. The van der Waals surface area contributed by atoms with Gasteiger partial charge in [-0.1, -0.05) is 31.1 Å². The maximum absolute atomic E-state index is 13.0. The minimum absolute atomic E-state index is 0.0572. The van der Waals surface area contributed by atoms with E-state index in [9.17, 15) is 14.4 Å². The maximum Gasteiger partial charge on any atom is 0.289 e. The largest absolute Gasteiger partial charge is 0.495 e. The highest BCUT2D eigenvalue weighted by atomic mass is 16.5. The Morgan fingerprint density at radius 3 is 2.41 bits per heavy atom. The number of aromatic nitrogens is 2. The Kier molecular flexibility index (Phi) is 15.0. The van der Waals surface area contributed by atoms with Gasteiger partial charge in [0.05, 0.1) is 38.5 Å². The van der Waals surface area contributed by atoms with Crippen LogP contribution in [0.3, 0.4) is 0 Å². The molecular formula is C29H45N5O7. The molecule has 0 spiro atoms. The number of nitrogens with zero attached hydrogens (tertiary/aromatic N) is 4. The molecule has 2 amide bonds. The summed E-state index contributed by atoms with van der Waals surface area (Å²) in [6.45, 7) is 8.89. The Labute approximate surface area is 242 Å². The number of likely N-dealkylation sites (N-methyl/N-ethyl adjacent to an activating group) is 1. The number of nitrogens with one attached hydrogen (secondary N) is 1. The average Bonchev–Trinajstić information content (AvgIpc) is 3.70. The van der Waals surface area contributed by atoms with E-state index in [1.165, 1.54) is 12.8 Å². The third kappa shape index (κ3) is 11.6. The summed E-state index contributed by atoms with van der Waals surface area (Å²) in [6, 6.07) is 7.44. The van der Waals surface area contributed by atoms with Crippen LogP contribution in [0.15, 0.2) is 28.8 Å². The number of hydrogen-bond acceptors (Lipinski definition) is 10. The molecule has 4 rings (SSSR count). The molecule has 1 aromatic heterocycles. The number of Topliss-reactive ketones (excluding diaryl/α,β-unsaturated/α-hetero) is 1. The number of rotatable bonds is 11. The normalized spacial score (nSPS) is 15.9. The van der Waals surface area contributed by atoms with Gasteiger partial charge in [0.25, 0.3) is 5.91 Å². The van der Waals surface area contributed by atoms with Crippen LogP contribution in [0.5, 0.6) is 5.75 Å². The zero-order chi connectivity index (χ0) is 30.2. The Hall–Kier alpha value is -3.35. The molecular weight excluding hydrogens is 530 g/mol. The monoisotopic (exact) mass is 575 g/mol. The first-order chi connectivity index (χ1) is 19.8. The van der Waals surface area contributed by atoms with Crippen LogP contribution in [0.25, 0.3) is 0 Å². The lowest BCUT2D eigenvalue weighted by Gasteiger charge is -2.31. The van der Waals surface area contributed by atoms with E-state index >= 15 is 0 Å². The third-order valence-electron chi connectivity index (χ3n) is 6.32. The van der Waals surface area contributed by atoms with Crippen molar-refractivity contribution in [2.45, 2.75) is 59.0 Å². The molecule has 12 heteroatoms. The summed E-state index contributed by atoms with van der Waals surface area (Å²) in [5.41, 5.74) is 0.702. The second kappa shape index (κ2) is 18.2. The van der Waals surface area contributed by atoms with Crippen LogP contribution in [0.2, 0.25) is 0 Å². The summed E-state index contributed by atoms with van der Waals surface area (Å²) in [5.74, 6) is 1.45. The second-order valence-corrected chi connectivity index (χ2v) is 9.73. The van der Waals surface area contributed by atoms with Crippen LogP contribution < -0.4 is 15.0 Å². The number of benzene rings is 1. The van der Waals surface area contributed by atoms with Gasteiger partial charge in [0, 0.05) is 46.1 Å². The SMILES string of the molecule is CCC(=O)C(=O)N(C)CC1CC1.CCO.CCc1nc(CC(=O)N(CC2CNCCO2)c2ccccc2OC)no1. The molecule has 1 atom stereocenters. The first kappa shape index (κ1) is 33.9. The van der Waals surface area contributed by atoms with Gasteiger partial charge in [-0.3, -0.25) is 14.4 Å². The zero-order valence-electron chi connectivity index (χ0n) is 24.9. The number of aliphatic hydroxyl groups excluding tert-OH is 1. The van der Waals surface area contributed by atoms with Crippen molar-refractivity contribution in [3.05, 3.63) is 36.0 Å². The van der Waals surface area contributed by atoms with Gasteiger partial charge < -0.3 is 34.2 Å². The molecule has 12 nitrogen and oxygen atoms in total. The minimum Gasteiger partial charge on any atom is -0.495 e. The Morgan fingerprint density at radius 2 is 1.85 bits per heavy atom. The molecule has 1 saturated heterocycles. The summed E-state index contributed by atoms with van der Waals surface area (Å²) in [4.78, 5) is 42.7. The molecule has 228 valence electrons. The number of aliphatic hydroxyl groups is 1. The fourth-order valence-electron chi connectivity index (χ4n) is 4.00. The van der Waals surface area contributed by atoms with Crippen LogP contribution >= 0.6 is 0 Å². The highest BCUT2D eigenvalue weighted by Gasteiger charge is 2.27. The van der Waals surface area contributed by atoms with Gasteiger partial charge in [-0.25, -0.2) is 0 Å². The molecule has 1 aliphatic heterocycles. The van der Waals surface area contributed by atoms with Gasteiger partial charge in [0.1, 0.15) is 5.75 Å². The van der Waals surface area contributed by atoms with Crippen molar-refractivity contribution in [3.8, 4) is 5.75 Å². The Balaban J connectivity index is 0.000000327. The molecule has 0 bridgehead atoms. The van der Waals surface area contributed by atoms with Gasteiger partial charge in [0.15, 0.2) is 5.82 Å². The lowest BCUT2D eigenvalue weighted by atomic mass is 10.2. The van der Waals surface area contributed by atoms with Crippen LogP contribution in [-0.4, -0.2) is 97.4 Å². The summed E-state index contributed by atoms with van der Waals surface area (Å²) >= 11 is 0. The van der Waals surface area contributed by atoms with E-state index in [0.29, 0.717) is 61.6 Å². The van der Waals surface area contributed by atoms with E-state index in [2.05, 4.69) is 15.5 Å². The first-order valence-electron chi connectivity index (χ1n) is 14.2. The number of morpholine rings is 1. The second-order valence-electron chi connectivity index (χ2n) is 9.73. The van der Waals surface area contributed by atoms with Crippen molar-refractivity contribution in [1.29, 1.82) is 0 Å². The molecule has 0 radical (unpaired) electrons. The molecule has 2 fully saturated rings. The maximum atomic E-state index is 13.0. The molecule has 2 N–H and O–H groups in total. The van der Waals surface area contributed by atoms with Crippen LogP contribution in [0, 0.1) is 5.92 Å². The summed E-state index contributed by atoms with van der Waals surface area (Å²) < 4.78 is 16.3. The number of amides is 2. The average molecular weight is 576 g/mol. The van der Waals surface area contributed by atoms with Crippen molar-refractivity contribution < 1.29 is 33.5 Å². The van der Waals surface area contributed by atoms with Crippen LogP contribution in [-0.2, 0) is 32.0 Å². The summed E-state index contributed by atoms with van der Waals surface area (Å²) in [5, 5.41) is 14.7. The topological polar surface area (TPSA) is 147 Å².